The molecule has 0 aliphatic heterocycles. The summed E-state index contributed by atoms with van der Waals surface area (Å²) in [6.07, 6.45) is 9.40. The topological polar surface area (TPSA) is 155 Å². The zero-order chi connectivity index (χ0) is 46.6. The molecule has 5 aromatic rings. The molecule has 0 saturated heterocycles. The quantitative estimate of drug-likeness (QED) is 0.0626. The normalized spacial score (nSPS) is 19.5. The number of aromatic nitrogens is 2. The molecule has 0 radical (unpaired) electrons. The number of para-hydroxylation sites is 2. The minimum absolute atomic E-state index is 0.0234. The van der Waals surface area contributed by atoms with Crippen molar-refractivity contribution in [2.24, 2.45) is 37.8 Å². The lowest BCUT2D eigenvalue weighted by Gasteiger charge is -2.33. The predicted molar refractivity (Wildman–Crippen MR) is 261 cm³/mol. The number of carbonyl (C=O) groups excluding carboxylic acids is 5. The van der Waals surface area contributed by atoms with Crippen LogP contribution < -0.4 is 26.6 Å². The number of fused-ring (bicyclic) bond motifs is 2. The first-order valence-electron chi connectivity index (χ1n) is 23.8. The lowest BCUT2D eigenvalue weighted by Crippen LogP contribution is -2.51. The maximum atomic E-state index is 13.5. The van der Waals surface area contributed by atoms with Gasteiger partial charge in [0.2, 0.25) is 11.8 Å². The Hall–Kier alpha value is -5.91. The van der Waals surface area contributed by atoms with Crippen LogP contribution in [0.3, 0.4) is 0 Å². The Morgan fingerprint density at radius 3 is 1.55 bits per heavy atom. The van der Waals surface area contributed by atoms with Crippen LogP contribution in [-0.4, -0.2) is 69.8 Å². The van der Waals surface area contributed by atoms with Crippen molar-refractivity contribution in [2.45, 2.75) is 123 Å². The van der Waals surface area contributed by atoms with Gasteiger partial charge in [-0.2, -0.15) is 0 Å². The molecule has 2 heterocycles. The number of hydrogen-bond donors (Lipinski definition) is 5. The van der Waals surface area contributed by atoms with Crippen molar-refractivity contribution >= 4 is 57.4 Å². The molecule has 12 heteroatoms. The Morgan fingerprint density at radius 1 is 0.631 bits per heavy atom. The first-order valence-corrected chi connectivity index (χ1v) is 23.8. The second kappa shape index (κ2) is 22.8. The molecule has 2 aliphatic rings. The summed E-state index contributed by atoms with van der Waals surface area (Å²) in [5.74, 6) is -0.107. The van der Waals surface area contributed by atoms with Crippen molar-refractivity contribution in [1.82, 2.24) is 30.4 Å². The zero-order valence-corrected chi connectivity index (χ0v) is 39.5. The van der Waals surface area contributed by atoms with Crippen molar-refractivity contribution in [3.8, 4) is 0 Å². The molecule has 4 amide bonds. The summed E-state index contributed by atoms with van der Waals surface area (Å²) >= 11 is 0. The molecular formula is C53H71N7O5. The van der Waals surface area contributed by atoms with Gasteiger partial charge < -0.3 is 40.5 Å². The fraction of sp³-hybridized carbons (Fsp3) is 0.491. The van der Waals surface area contributed by atoms with Gasteiger partial charge in [0.05, 0.1) is 17.9 Å². The van der Waals surface area contributed by atoms with Gasteiger partial charge in [0.1, 0.15) is 17.7 Å². The van der Waals surface area contributed by atoms with E-state index >= 15 is 0 Å². The number of nitrogens with one attached hydrogen (secondary N) is 5. The van der Waals surface area contributed by atoms with E-state index < -0.39 is 6.04 Å². The summed E-state index contributed by atoms with van der Waals surface area (Å²) in [7, 11) is 3.79. The molecule has 0 unspecified atom stereocenters. The fourth-order valence-electron chi connectivity index (χ4n) is 9.66. The third-order valence-corrected chi connectivity index (χ3v) is 13.1. The van der Waals surface area contributed by atoms with Crippen molar-refractivity contribution in [1.29, 1.82) is 0 Å². The molecule has 3 aromatic carbocycles. The molecule has 2 fully saturated rings. The summed E-state index contributed by atoms with van der Waals surface area (Å²) in [5, 5.41) is 18.0. The molecule has 0 spiro atoms. The summed E-state index contributed by atoms with van der Waals surface area (Å²) in [6.45, 7) is 11.2. The van der Waals surface area contributed by atoms with E-state index in [9.17, 15) is 24.0 Å². The molecule has 65 heavy (non-hydrogen) atoms. The van der Waals surface area contributed by atoms with E-state index in [0.717, 1.165) is 91.6 Å². The highest BCUT2D eigenvalue weighted by Crippen LogP contribution is 2.28. The SMILES string of the molecule is CC(C)C[C@@H](C=O)NC(=O)[C@@H]1CCCC[C@@H]1NC(=O)c1cc2ccccc2n1C.Cc1ccc(NC[C@H](CC(C)C)NC(=O)[C@@H]2CCCC[C@@H]2NC(=O)c2cc3ccccc3n2C)cc1. The number of rotatable bonds is 16. The number of benzene rings is 3. The number of carbonyl (C=O) groups is 5. The number of nitrogens with zero attached hydrogens (tertiary/aromatic N) is 2. The number of anilines is 1. The molecular weight excluding hydrogens is 815 g/mol. The highest BCUT2D eigenvalue weighted by molar-refractivity contribution is 6.00. The molecule has 6 atom stereocenters. The van der Waals surface area contributed by atoms with Gasteiger partial charge >= 0.3 is 0 Å². The van der Waals surface area contributed by atoms with E-state index in [1.807, 2.05) is 97.7 Å². The fourth-order valence-corrected chi connectivity index (χ4v) is 9.66. The second-order valence-corrected chi connectivity index (χ2v) is 19.2. The summed E-state index contributed by atoms with van der Waals surface area (Å²) in [5.41, 5.74) is 5.52. The maximum absolute atomic E-state index is 13.5. The Labute approximate surface area is 385 Å². The Kier molecular flexibility index (Phi) is 17.0. The molecule has 5 N–H and O–H groups in total. The summed E-state index contributed by atoms with van der Waals surface area (Å²) in [6, 6.07) is 27.2. The Bertz CT molecular complexity index is 2400. The van der Waals surface area contributed by atoms with Crippen molar-refractivity contribution in [3.63, 3.8) is 0 Å². The molecule has 12 nitrogen and oxygen atoms in total. The third-order valence-electron chi connectivity index (χ3n) is 13.1. The molecule has 0 bridgehead atoms. The van der Waals surface area contributed by atoms with Crippen molar-refractivity contribution in [2.75, 3.05) is 11.9 Å². The largest absolute Gasteiger partial charge is 0.383 e. The Balaban J connectivity index is 0.000000221. The van der Waals surface area contributed by atoms with E-state index in [1.165, 1.54) is 5.56 Å². The number of amides is 4. The van der Waals surface area contributed by atoms with Crippen LogP contribution in [-0.2, 0) is 28.5 Å². The van der Waals surface area contributed by atoms with Gasteiger partial charge in [-0.05, 0) is 93.7 Å². The Morgan fingerprint density at radius 2 is 1.09 bits per heavy atom. The predicted octanol–water partition coefficient (Wildman–Crippen LogP) is 8.62. The number of aldehydes is 1. The highest BCUT2D eigenvalue weighted by Gasteiger charge is 2.35. The van der Waals surface area contributed by atoms with E-state index in [-0.39, 0.29) is 53.6 Å². The number of aryl methyl sites for hydroxylation is 3. The van der Waals surface area contributed by atoms with Gasteiger partial charge in [0, 0.05) is 66.3 Å². The van der Waals surface area contributed by atoms with E-state index in [0.29, 0.717) is 36.2 Å². The second-order valence-electron chi connectivity index (χ2n) is 19.2. The summed E-state index contributed by atoms with van der Waals surface area (Å²) in [4.78, 5) is 63.9. The standard InChI is InChI=1S/C30H40N4O2.C23H31N3O3/c1-20(2)17-24(19-31-23-15-13-21(3)14-16-23)32-29(35)25-10-6-7-11-26(25)33-30(36)28-18-22-9-5-8-12-27(22)34(28)4;1-15(2)12-17(14-27)24-22(28)18-9-5-6-10-19(18)25-23(29)21-13-16-8-4-7-11-20(16)26(21)3/h5,8-9,12-16,18,20,24-26,31H,6-7,10-11,17,19H2,1-4H3,(H,32,35)(H,33,36);4,7-8,11,13-15,17-19H,5-6,9-10,12H2,1-3H3,(H,24,28)(H,25,29)/t24-,25+,26-;17-,18+,19-/m00/s1. The lowest BCUT2D eigenvalue weighted by atomic mass is 9.83. The van der Waals surface area contributed by atoms with Gasteiger partial charge in [0.15, 0.2) is 0 Å². The van der Waals surface area contributed by atoms with E-state index in [2.05, 4.69) is 71.6 Å². The minimum Gasteiger partial charge on any atom is -0.383 e. The van der Waals surface area contributed by atoms with Gasteiger partial charge in [0.25, 0.3) is 11.8 Å². The third kappa shape index (κ3) is 12.9. The van der Waals surface area contributed by atoms with Gasteiger partial charge in [-0.15, -0.1) is 0 Å². The first-order chi connectivity index (χ1) is 31.2. The minimum atomic E-state index is -0.473. The number of hydrogen-bond acceptors (Lipinski definition) is 6. The first kappa shape index (κ1) is 48.5. The smallest absolute Gasteiger partial charge is 0.268 e. The van der Waals surface area contributed by atoms with Crippen molar-refractivity contribution < 1.29 is 24.0 Å². The highest BCUT2D eigenvalue weighted by atomic mass is 16.2. The molecule has 2 saturated carbocycles. The van der Waals surface area contributed by atoms with Gasteiger partial charge in [-0.3, -0.25) is 19.2 Å². The van der Waals surface area contributed by atoms with Crippen LogP contribution in [0.4, 0.5) is 5.69 Å². The van der Waals surface area contributed by atoms with Crippen LogP contribution in [0.25, 0.3) is 21.8 Å². The summed E-state index contributed by atoms with van der Waals surface area (Å²) < 4.78 is 3.81. The van der Waals surface area contributed by atoms with E-state index in [4.69, 9.17) is 0 Å². The van der Waals surface area contributed by atoms with Crippen LogP contribution >= 0.6 is 0 Å². The molecule has 2 aromatic heterocycles. The van der Waals surface area contributed by atoms with Crippen LogP contribution in [0, 0.1) is 30.6 Å². The van der Waals surface area contributed by atoms with E-state index in [1.54, 1.807) is 0 Å². The molecule has 2 aliphatic carbocycles. The zero-order valence-electron chi connectivity index (χ0n) is 39.5. The average Bonchev–Trinajstić information content (AvgIpc) is 3.82. The lowest BCUT2D eigenvalue weighted by molar-refractivity contribution is -0.129. The van der Waals surface area contributed by atoms with Gasteiger partial charge in [-0.25, -0.2) is 0 Å². The monoisotopic (exact) mass is 886 g/mol. The van der Waals surface area contributed by atoms with Crippen molar-refractivity contribution in [3.05, 3.63) is 102 Å². The maximum Gasteiger partial charge on any atom is 0.268 e. The van der Waals surface area contributed by atoms with Crippen LogP contribution in [0.15, 0.2) is 84.9 Å². The van der Waals surface area contributed by atoms with Crippen LogP contribution in [0.2, 0.25) is 0 Å². The molecule has 348 valence electrons. The average molecular weight is 886 g/mol. The van der Waals surface area contributed by atoms with Gasteiger partial charge in [-0.1, -0.05) is 107 Å². The van der Waals surface area contributed by atoms with Crippen LogP contribution in [0.1, 0.15) is 118 Å². The molecule has 7 rings (SSSR count). The van der Waals surface area contributed by atoms with Crippen LogP contribution in [0.5, 0.6) is 0 Å².